The normalized spacial score (nSPS) is 12.6. The van der Waals surface area contributed by atoms with Crippen LogP contribution in [-0.2, 0) is 11.3 Å². The Labute approximate surface area is 127 Å². The highest BCUT2D eigenvalue weighted by atomic mass is 16.5. The number of nitrogens with one attached hydrogen (secondary N) is 1. The minimum atomic E-state index is -0.886. The molecule has 0 heterocycles. The zero-order chi connectivity index (χ0) is 15.7. The summed E-state index contributed by atoms with van der Waals surface area (Å²) in [6.45, 7) is 6.06. The van der Waals surface area contributed by atoms with E-state index in [1.165, 1.54) is 0 Å². The molecule has 4 nitrogen and oxygen atoms in total. The average Bonchev–Trinajstić information content (AvgIpc) is 2.51. The van der Waals surface area contributed by atoms with Crippen molar-refractivity contribution >= 4 is 5.97 Å². The minimum absolute atomic E-state index is 0.307. The van der Waals surface area contributed by atoms with E-state index in [-0.39, 0.29) is 0 Å². The molecule has 2 N–H and O–H groups in total. The molecule has 0 aliphatic heterocycles. The van der Waals surface area contributed by atoms with Gasteiger partial charge in [0, 0.05) is 13.7 Å². The molecule has 1 atom stereocenters. The molecule has 0 aliphatic rings. The Kier molecular flexibility index (Phi) is 8.01. The SMILES string of the molecule is CCC(CC)C(CCNCc1ccc(C(=O)O)cc1)OC. The van der Waals surface area contributed by atoms with Crippen molar-refractivity contribution in [1.82, 2.24) is 5.32 Å². The van der Waals surface area contributed by atoms with Crippen LogP contribution >= 0.6 is 0 Å². The summed E-state index contributed by atoms with van der Waals surface area (Å²) in [6, 6.07) is 6.99. The fourth-order valence-electron chi connectivity index (χ4n) is 2.60. The van der Waals surface area contributed by atoms with Gasteiger partial charge in [-0.15, -0.1) is 0 Å². The van der Waals surface area contributed by atoms with Gasteiger partial charge in [-0.1, -0.05) is 38.8 Å². The van der Waals surface area contributed by atoms with Crippen molar-refractivity contribution in [3.63, 3.8) is 0 Å². The molecular formula is C17H27NO3. The highest BCUT2D eigenvalue weighted by molar-refractivity contribution is 5.87. The molecule has 0 aliphatic carbocycles. The lowest BCUT2D eigenvalue weighted by molar-refractivity contribution is 0.0422. The van der Waals surface area contributed by atoms with Crippen LogP contribution in [0.2, 0.25) is 0 Å². The van der Waals surface area contributed by atoms with Gasteiger partial charge in [0.15, 0.2) is 0 Å². The van der Waals surface area contributed by atoms with Gasteiger partial charge in [-0.25, -0.2) is 4.79 Å². The molecule has 4 heteroatoms. The van der Waals surface area contributed by atoms with Crippen molar-refractivity contribution < 1.29 is 14.6 Å². The maximum absolute atomic E-state index is 10.8. The van der Waals surface area contributed by atoms with Crippen LogP contribution in [0.3, 0.4) is 0 Å². The van der Waals surface area contributed by atoms with Crippen molar-refractivity contribution in [1.29, 1.82) is 0 Å². The fraction of sp³-hybridized carbons (Fsp3) is 0.588. The highest BCUT2D eigenvalue weighted by Gasteiger charge is 2.17. The molecular weight excluding hydrogens is 266 g/mol. The zero-order valence-electron chi connectivity index (χ0n) is 13.3. The van der Waals surface area contributed by atoms with E-state index in [0.717, 1.165) is 37.9 Å². The van der Waals surface area contributed by atoms with Gasteiger partial charge in [-0.2, -0.15) is 0 Å². The van der Waals surface area contributed by atoms with Crippen LogP contribution < -0.4 is 5.32 Å². The number of carboxylic acids is 1. The molecule has 1 aromatic rings. The maximum atomic E-state index is 10.8. The van der Waals surface area contributed by atoms with Crippen LogP contribution in [0.15, 0.2) is 24.3 Å². The summed E-state index contributed by atoms with van der Waals surface area (Å²) in [4.78, 5) is 10.8. The Morgan fingerprint density at radius 3 is 2.33 bits per heavy atom. The number of carboxylic acid groups (broad SMARTS) is 1. The van der Waals surface area contributed by atoms with E-state index in [0.29, 0.717) is 17.6 Å². The molecule has 0 aromatic heterocycles. The Morgan fingerprint density at radius 2 is 1.86 bits per heavy atom. The first-order valence-corrected chi connectivity index (χ1v) is 7.68. The minimum Gasteiger partial charge on any atom is -0.478 e. The average molecular weight is 293 g/mol. The van der Waals surface area contributed by atoms with Gasteiger partial charge < -0.3 is 15.2 Å². The Hall–Kier alpha value is -1.39. The van der Waals surface area contributed by atoms with Crippen LogP contribution in [0, 0.1) is 5.92 Å². The number of hydrogen-bond acceptors (Lipinski definition) is 3. The molecule has 1 unspecified atom stereocenters. The van der Waals surface area contributed by atoms with Gasteiger partial charge in [0.25, 0.3) is 0 Å². The predicted octanol–water partition coefficient (Wildman–Crippen LogP) is 3.32. The van der Waals surface area contributed by atoms with Gasteiger partial charge in [0.05, 0.1) is 11.7 Å². The summed E-state index contributed by atoms with van der Waals surface area (Å²) in [6.07, 6.45) is 3.59. The van der Waals surface area contributed by atoms with E-state index in [2.05, 4.69) is 19.2 Å². The number of aromatic carboxylic acids is 1. The van der Waals surface area contributed by atoms with Crippen molar-refractivity contribution in [3.8, 4) is 0 Å². The summed E-state index contributed by atoms with van der Waals surface area (Å²) in [5.74, 6) is -0.269. The van der Waals surface area contributed by atoms with Crippen LogP contribution in [0.1, 0.15) is 49.0 Å². The quantitative estimate of drug-likeness (QED) is 0.650. The fourth-order valence-corrected chi connectivity index (χ4v) is 2.60. The molecule has 0 spiro atoms. The lowest BCUT2D eigenvalue weighted by atomic mass is 9.94. The van der Waals surface area contributed by atoms with Gasteiger partial charge in [-0.05, 0) is 36.6 Å². The molecule has 0 radical (unpaired) electrons. The van der Waals surface area contributed by atoms with Gasteiger partial charge >= 0.3 is 5.97 Å². The van der Waals surface area contributed by atoms with Crippen molar-refractivity contribution in [3.05, 3.63) is 35.4 Å². The number of rotatable bonds is 10. The first kappa shape index (κ1) is 17.7. The summed E-state index contributed by atoms with van der Waals surface area (Å²) in [7, 11) is 1.79. The second-order valence-electron chi connectivity index (χ2n) is 5.32. The summed E-state index contributed by atoms with van der Waals surface area (Å²) in [5, 5.41) is 12.2. The number of methoxy groups -OCH3 is 1. The molecule has 1 rings (SSSR count). The van der Waals surface area contributed by atoms with Crippen LogP contribution in [-0.4, -0.2) is 30.8 Å². The Balaban J connectivity index is 2.34. The highest BCUT2D eigenvalue weighted by Crippen LogP contribution is 2.18. The second-order valence-corrected chi connectivity index (χ2v) is 5.32. The molecule has 0 fully saturated rings. The molecule has 0 bridgehead atoms. The molecule has 0 saturated heterocycles. The summed E-state index contributed by atoms with van der Waals surface area (Å²) in [5.41, 5.74) is 1.42. The van der Waals surface area contributed by atoms with E-state index in [1.54, 1.807) is 19.2 Å². The van der Waals surface area contributed by atoms with E-state index < -0.39 is 5.97 Å². The van der Waals surface area contributed by atoms with Crippen molar-refractivity contribution in [2.75, 3.05) is 13.7 Å². The zero-order valence-corrected chi connectivity index (χ0v) is 13.3. The Bertz CT molecular complexity index is 413. The molecule has 0 saturated carbocycles. The summed E-state index contributed by atoms with van der Waals surface area (Å²) < 4.78 is 5.58. The largest absolute Gasteiger partial charge is 0.478 e. The van der Waals surface area contributed by atoms with Crippen LogP contribution in [0.5, 0.6) is 0 Å². The van der Waals surface area contributed by atoms with Crippen molar-refractivity contribution in [2.24, 2.45) is 5.92 Å². The topological polar surface area (TPSA) is 58.6 Å². The lowest BCUT2D eigenvalue weighted by Gasteiger charge is -2.24. The van der Waals surface area contributed by atoms with Crippen LogP contribution in [0.25, 0.3) is 0 Å². The lowest BCUT2D eigenvalue weighted by Crippen LogP contribution is -2.27. The number of hydrogen-bond donors (Lipinski definition) is 2. The third-order valence-electron chi connectivity index (χ3n) is 4.01. The third kappa shape index (κ3) is 5.86. The Morgan fingerprint density at radius 1 is 1.24 bits per heavy atom. The number of ether oxygens (including phenoxy) is 1. The van der Waals surface area contributed by atoms with Crippen LogP contribution in [0.4, 0.5) is 0 Å². The monoisotopic (exact) mass is 293 g/mol. The number of benzene rings is 1. The molecule has 1 aromatic carbocycles. The number of carbonyl (C=O) groups is 1. The standard InChI is InChI=1S/C17H27NO3/c1-4-14(5-2)16(21-3)10-11-18-12-13-6-8-15(9-7-13)17(19)20/h6-9,14,16,18H,4-5,10-12H2,1-3H3,(H,19,20). The predicted molar refractivity (Wildman–Crippen MR) is 84.6 cm³/mol. The van der Waals surface area contributed by atoms with Gasteiger partial charge in [0.2, 0.25) is 0 Å². The smallest absolute Gasteiger partial charge is 0.335 e. The van der Waals surface area contributed by atoms with Gasteiger partial charge in [0.1, 0.15) is 0 Å². The molecule has 0 amide bonds. The first-order valence-electron chi connectivity index (χ1n) is 7.68. The first-order chi connectivity index (χ1) is 10.1. The van der Waals surface area contributed by atoms with E-state index in [4.69, 9.17) is 9.84 Å². The van der Waals surface area contributed by atoms with E-state index in [1.807, 2.05) is 12.1 Å². The van der Waals surface area contributed by atoms with E-state index in [9.17, 15) is 4.79 Å². The van der Waals surface area contributed by atoms with E-state index >= 15 is 0 Å². The van der Waals surface area contributed by atoms with Crippen molar-refractivity contribution in [2.45, 2.75) is 45.8 Å². The summed E-state index contributed by atoms with van der Waals surface area (Å²) >= 11 is 0. The van der Waals surface area contributed by atoms with Gasteiger partial charge in [-0.3, -0.25) is 0 Å². The maximum Gasteiger partial charge on any atom is 0.335 e. The second kappa shape index (κ2) is 9.53. The third-order valence-corrected chi connectivity index (χ3v) is 4.01. The molecule has 21 heavy (non-hydrogen) atoms. The molecule has 118 valence electrons.